The predicted octanol–water partition coefficient (Wildman–Crippen LogP) is 5.61. The van der Waals surface area contributed by atoms with Gasteiger partial charge in [-0.2, -0.15) is 5.26 Å². The molecule has 0 aliphatic carbocycles. The number of benzene rings is 2. The Kier molecular flexibility index (Phi) is 5.28. The lowest BCUT2D eigenvalue weighted by Gasteiger charge is -2.04. The zero-order valence-corrected chi connectivity index (χ0v) is 18.1. The predicted molar refractivity (Wildman–Crippen MR) is 127 cm³/mol. The first-order valence-electron chi connectivity index (χ1n) is 10.1. The summed E-state index contributed by atoms with van der Waals surface area (Å²) < 4.78 is 0. The number of pyridine rings is 1. The van der Waals surface area contributed by atoms with E-state index < -0.39 is 0 Å². The smallest absolute Gasteiger partial charge is 0.184 e. The largest absolute Gasteiger partial charge is 0.357 e. The number of hydrogen-bond acceptors (Lipinski definition) is 7. The molecular weight excluding hydrogens is 416 g/mol. The topological polar surface area (TPSA) is 87.4 Å². The van der Waals surface area contributed by atoms with E-state index in [-0.39, 0.29) is 0 Å². The number of nitriles is 1. The monoisotopic (exact) mass is 434 g/mol. The number of aromatic nitrogens is 4. The molecule has 3 heterocycles. The first kappa shape index (κ1) is 19.8. The molecule has 0 atom stereocenters. The van der Waals surface area contributed by atoms with Gasteiger partial charge in [0.25, 0.3) is 0 Å². The third-order valence-electron chi connectivity index (χ3n) is 5.02. The Bertz CT molecular complexity index is 1450. The number of anilines is 1. The molecule has 0 radical (unpaired) electrons. The molecule has 0 fully saturated rings. The van der Waals surface area contributed by atoms with Crippen LogP contribution in [0.5, 0.6) is 0 Å². The molecule has 1 N–H and O–H groups in total. The molecule has 5 aromatic rings. The molecule has 0 aliphatic rings. The van der Waals surface area contributed by atoms with Crippen LogP contribution in [0, 0.1) is 18.3 Å². The zero-order valence-electron chi connectivity index (χ0n) is 17.3. The summed E-state index contributed by atoms with van der Waals surface area (Å²) in [5, 5.41) is 13.2. The highest BCUT2D eigenvalue weighted by Crippen LogP contribution is 2.39. The van der Waals surface area contributed by atoms with Crippen molar-refractivity contribution in [1.82, 2.24) is 19.9 Å². The van der Waals surface area contributed by atoms with Gasteiger partial charge in [-0.3, -0.25) is 15.0 Å². The molecule has 6 nitrogen and oxygen atoms in total. The summed E-state index contributed by atoms with van der Waals surface area (Å²) in [7, 11) is 0. The molecule has 32 heavy (non-hydrogen) atoms. The van der Waals surface area contributed by atoms with Crippen LogP contribution in [0.2, 0.25) is 0 Å². The van der Waals surface area contributed by atoms with Gasteiger partial charge in [0.2, 0.25) is 0 Å². The van der Waals surface area contributed by atoms with E-state index in [9.17, 15) is 0 Å². The fourth-order valence-electron chi connectivity index (χ4n) is 3.42. The fraction of sp³-hybridized carbons (Fsp3) is 0.0800. The van der Waals surface area contributed by atoms with Gasteiger partial charge >= 0.3 is 0 Å². The quantitative estimate of drug-likeness (QED) is 0.387. The maximum atomic E-state index is 8.98. The van der Waals surface area contributed by atoms with Crippen molar-refractivity contribution in [3.05, 3.63) is 89.9 Å². The van der Waals surface area contributed by atoms with Crippen molar-refractivity contribution in [3.63, 3.8) is 0 Å². The van der Waals surface area contributed by atoms with Gasteiger partial charge < -0.3 is 5.32 Å². The second-order valence-electron chi connectivity index (χ2n) is 7.28. The lowest BCUT2D eigenvalue weighted by Crippen LogP contribution is -1.98. The van der Waals surface area contributed by atoms with Crippen LogP contribution in [0.4, 0.5) is 5.13 Å². The van der Waals surface area contributed by atoms with Gasteiger partial charge in [-0.25, -0.2) is 4.98 Å². The zero-order chi connectivity index (χ0) is 21.9. The van der Waals surface area contributed by atoms with Crippen LogP contribution < -0.4 is 5.32 Å². The highest BCUT2D eigenvalue weighted by Gasteiger charge is 2.17. The normalized spacial score (nSPS) is 10.8. The molecule has 0 saturated carbocycles. The highest BCUT2D eigenvalue weighted by molar-refractivity contribution is 7.19. The molecule has 0 amide bonds. The molecule has 2 aromatic carbocycles. The molecule has 0 aliphatic heterocycles. The summed E-state index contributed by atoms with van der Waals surface area (Å²) in [4.78, 5) is 19.4. The van der Waals surface area contributed by atoms with Crippen molar-refractivity contribution < 1.29 is 0 Å². The van der Waals surface area contributed by atoms with Crippen LogP contribution in [0.25, 0.3) is 32.9 Å². The van der Waals surface area contributed by atoms with E-state index in [1.807, 2.05) is 67.6 Å². The van der Waals surface area contributed by atoms with E-state index >= 15 is 0 Å². The third-order valence-corrected chi connectivity index (χ3v) is 6.05. The number of fused-ring (bicyclic) bond motifs is 1. The van der Waals surface area contributed by atoms with Crippen molar-refractivity contribution >= 4 is 27.5 Å². The fourth-order valence-corrected chi connectivity index (χ4v) is 4.37. The molecule has 0 bridgehead atoms. The average molecular weight is 435 g/mol. The van der Waals surface area contributed by atoms with Crippen LogP contribution in [-0.2, 0) is 6.54 Å². The number of nitrogens with zero attached hydrogens (tertiary/aromatic N) is 5. The third kappa shape index (κ3) is 4.04. The van der Waals surface area contributed by atoms with E-state index in [2.05, 4.69) is 21.4 Å². The number of thiazole rings is 1. The number of aryl methyl sites for hydroxylation is 1. The Morgan fingerprint density at radius 1 is 0.938 bits per heavy atom. The minimum absolute atomic E-state index is 0.614. The van der Waals surface area contributed by atoms with E-state index in [1.54, 1.807) is 23.7 Å². The Labute approximate surface area is 189 Å². The van der Waals surface area contributed by atoms with Crippen molar-refractivity contribution in [1.29, 1.82) is 5.26 Å². The van der Waals surface area contributed by atoms with Gasteiger partial charge in [0.05, 0.1) is 38.9 Å². The van der Waals surface area contributed by atoms with Gasteiger partial charge in [0, 0.05) is 30.2 Å². The van der Waals surface area contributed by atoms with Crippen molar-refractivity contribution in [2.45, 2.75) is 13.5 Å². The first-order chi connectivity index (χ1) is 15.7. The summed E-state index contributed by atoms with van der Waals surface area (Å²) >= 11 is 1.58. The molecule has 0 spiro atoms. The van der Waals surface area contributed by atoms with Gasteiger partial charge in [-0.05, 0) is 48.9 Å². The lowest BCUT2D eigenvalue weighted by molar-refractivity contribution is 1.13. The van der Waals surface area contributed by atoms with Crippen molar-refractivity contribution in [2.75, 3.05) is 5.32 Å². The van der Waals surface area contributed by atoms with E-state index in [1.165, 1.54) is 0 Å². The highest BCUT2D eigenvalue weighted by atomic mass is 32.1. The lowest BCUT2D eigenvalue weighted by atomic mass is 10.1. The van der Waals surface area contributed by atoms with Gasteiger partial charge in [0.1, 0.15) is 0 Å². The van der Waals surface area contributed by atoms with Crippen LogP contribution in [0.15, 0.2) is 73.1 Å². The van der Waals surface area contributed by atoms with Gasteiger partial charge in [-0.1, -0.05) is 35.6 Å². The summed E-state index contributed by atoms with van der Waals surface area (Å²) in [6.45, 7) is 2.60. The Hall–Kier alpha value is -4.15. The Balaban J connectivity index is 1.53. The number of hydrogen-bond donors (Lipinski definition) is 1. The average Bonchev–Trinajstić information content (AvgIpc) is 3.27. The molecular formula is C25H18N6S. The maximum absolute atomic E-state index is 8.98. The molecule has 0 unspecified atom stereocenters. The number of nitrogens with one attached hydrogen (secondary N) is 1. The summed E-state index contributed by atoms with van der Waals surface area (Å²) in [6.07, 6.45) is 3.39. The minimum Gasteiger partial charge on any atom is -0.357 e. The molecule has 0 saturated heterocycles. The van der Waals surface area contributed by atoms with Crippen LogP contribution in [0.1, 0.15) is 16.8 Å². The second-order valence-corrected chi connectivity index (χ2v) is 8.28. The Morgan fingerprint density at radius 3 is 2.53 bits per heavy atom. The molecule has 7 heteroatoms. The van der Waals surface area contributed by atoms with Crippen LogP contribution in [-0.4, -0.2) is 19.9 Å². The Morgan fingerprint density at radius 2 is 1.75 bits per heavy atom. The summed E-state index contributed by atoms with van der Waals surface area (Å²) in [6, 6.07) is 21.7. The van der Waals surface area contributed by atoms with Crippen LogP contribution >= 0.6 is 11.3 Å². The molecule has 5 rings (SSSR count). The van der Waals surface area contributed by atoms with E-state index in [4.69, 9.17) is 15.2 Å². The SMILES string of the molecule is Cc1cccc(-c2sc(NCc3ccc(C#N)cc3)nc2-c2ccc3nccnc3c2)n1. The number of rotatable bonds is 5. The van der Waals surface area contributed by atoms with E-state index in [0.717, 1.165) is 49.3 Å². The van der Waals surface area contributed by atoms with Crippen molar-refractivity contribution in [2.24, 2.45) is 0 Å². The van der Waals surface area contributed by atoms with E-state index in [0.29, 0.717) is 12.1 Å². The molecule has 154 valence electrons. The molecule has 3 aromatic heterocycles. The minimum atomic E-state index is 0.614. The van der Waals surface area contributed by atoms with Gasteiger partial charge in [0.15, 0.2) is 5.13 Å². The maximum Gasteiger partial charge on any atom is 0.184 e. The van der Waals surface area contributed by atoms with Gasteiger partial charge in [-0.15, -0.1) is 0 Å². The second kappa shape index (κ2) is 8.53. The van der Waals surface area contributed by atoms with Crippen LogP contribution in [0.3, 0.4) is 0 Å². The standard InChI is InChI=1S/C25H18N6S/c1-16-3-2-4-21(30-16)24-23(19-9-10-20-22(13-19)28-12-11-27-20)31-25(32-24)29-15-18-7-5-17(14-26)6-8-18/h2-13H,15H2,1H3,(H,29,31). The first-order valence-corrected chi connectivity index (χ1v) is 10.9. The summed E-state index contributed by atoms with van der Waals surface area (Å²) in [5.41, 5.74) is 7.09. The summed E-state index contributed by atoms with van der Waals surface area (Å²) in [5.74, 6) is 0. The van der Waals surface area contributed by atoms with Crippen molar-refractivity contribution in [3.8, 4) is 27.9 Å².